The number of rotatable bonds is 5. The Morgan fingerprint density at radius 2 is 2.00 bits per heavy atom. The minimum atomic E-state index is -0.458. The smallest absolute Gasteiger partial charge is 0.269 e. The van der Waals surface area contributed by atoms with E-state index >= 15 is 0 Å². The normalized spacial score (nSPS) is 10.1. The van der Waals surface area contributed by atoms with Gasteiger partial charge in [-0.3, -0.25) is 19.9 Å². The van der Waals surface area contributed by atoms with Crippen LogP contribution in [0.4, 0.5) is 5.69 Å². The van der Waals surface area contributed by atoms with E-state index in [1.165, 1.54) is 30.6 Å². The quantitative estimate of drug-likeness (QED) is 0.642. The molecule has 1 aromatic heterocycles. The number of nitrogens with zero attached hydrogens (tertiary/aromatic N) is 2. The van der Waals surface area contributed by atoms with E-state index < -0.39 is 4.92 Å². The molecule has 0 atom stereocenters. The summed E-state index contributed by atoms with van der Waals surface area (Å²) < 4.78 is 0. The van der Waals surface area contributed by atoms with E-state index in [1.54, 1.807) is 12.1 Å². The maximum Gasteiger partial charge on any atom is 0.269 e. The molecule has 0 saturated carbocycles. The van der Waals surface area contributed by atoms with E-state index in [4.69, 9.17) is 0 Å². The first kappa shape index (κ1) is 14.4. The zero-order valence-corrected chi connectivity index (χ0v) is 11.0. The number of amides is 1. The van der Waals surface area contributed by atoms with Crippen molar-refractivity contribution in [2.45, 2.75) is 6.42 Å². The lowest BCUT2D eigenvalue weighted by molar-refractivity contribution is -0.384. The minimum Gasteiger partial charge on any atom is -0.506 e. The van der Waals surface area contributed by atoms with E-state index in [9.17, 15) is 20.0 Å². The molecule has 0 spiro atoms. The fourth-order valence-corrected chi connectivity index (χ4v) is 1.76. The van der Waals surface area contributed by atoms with Gasteiger partial charge in [0.1, 0.15) is 5.75 Å². The van der Waals surface area contributed by atoms with E-state index in [1.807, 2.05) is 0 Å². The van der Waals surface area contributed by atoms with Crippen molar-refractivity contribution in [2.75, 3.05) is 6.54 Å². The van der Waals surface area contributed by atoms with Gasteiger partial charge in [-0.15, -0.1) is 0 Å². The maximum absolute atomic E-state index is 11.8. The molecule has 2 aromatic rings. The predicted molar refractivity (Wildman–Crippen MR) is 75.0 cm³/mol. The van der Waals surface area contributed by atoms with Crippen LogP contribution >= 0.6 is 0 Å². The number of non-ortho nitro benzene ring substituents is 1. The highest BCUT2D eigenvalue weighted by Gasteiger charge is 2.07. The average molecular weight is 287 g/mol. The van der Waals surface area contributed by atoms with Gasteiger partial charge in [0.15, 0.2) is 0 Å². The lowest BCUT2D eigenvalue weighted by Crippen LogP contribution is -2.25. The van der Waals surface area contributed by atoms with Crippen LogP contribution in [0.15, 0.2) is 42.7 Å². The van der Waals surface area contributed by atoms with Crippen LogP contribution in [0.25, 0.3) is 0 Å². The van der Waals surface area contributed by atoms with E-state index in [2.05, 4.69) is 10.3 Å². The minimum absolute atomic E-state index is 0.0358. The topological polar surface area (TPSA) is 105 Å². The number of aromatic nitrogens is 1. The summed E-state index contributed by atoms with van der Waals surface area (Å²) in [5, 5.41) is 22.4. The molecule has 0 aliphatic heterocycles. The molecule has 0 radical (unpaired) electrons. The first-order chi connectivity index (χ1) is 10.1. The van der Waals surface area contributed by atoms with Gasteiger partial charge in [-0.2, -0.15) is 0 Å². The largest absolute Gasteiger partial charge is 0.506 e. The number of hydrogen-bond donors (Lipinski definition) is 2. The molecule has 1 aromatic carbocycles. The molecule has 0 unspecified atom stereocenters. The number of benzene rings is 1. The SMILES string of the molecule is O=C(NCCc1ccc([N+](=O)[O-])cc1)c1cncc(O)c1. The van der Waals surface area contributed by atoms with Gasteiger partial charge in [-0.1, -0.05) is 12.1 Å². The highest BCUT2D eigenvalue weighted by Crippen LogP contribution is 2.12. The van der Waals surface area contributed by atoms with Gasteiger partial charge >= 0.3 is 0 Å². The third-order valence-corrected chi connectivity index (χ3v) is 2.83. The van der Waals surface area contributed by atoms with Gasteiger partial charge in [0.25, 0.3) is 11.6 Å². The second-order valence-electron chi connectivity index (χ2n) is 4.36. The third kappa shape index (κ3) is 4.00. The van der Waals surface area contributed by atoms with Crippen LogP contribution in [0, 0.1) is 10.1 Å². The van der Waals surface area contributed by atoms with Gasteiger partial charge in [0.05, 0.1) is 16.7 Å². The Hall–Kier alpha value is -2.96. The molecule has 7 heteroatoms. The molecule has 0 saturated heterocycles. The monoisotopic (exact) mass is 287 g/mol. The van der Waals surface area contributed by atoms with Crippen LogP contribution in [0.3, 0.4) is 0 Å². The predicted octanol–water partition coefficient (Wildman–Crippen LogP) is 1.67. The highest BCUT2D eigenvalue weighted by molar-refractivity contribution is 5.94. The standard InChI is InChI=1S/C14H13N3O4/c18-13-7-11(8-15-9-13)14(19)16-6-5-10-1-3-12(4-2-10)17(20)21/h1-4,7-9,18H,5-6H2,(H,16,19). The average Bonchev–Trinajstić information content (AvgIpc) is 2.47. The summed E-state index contributed by atoms with van der Waals surface area (Å²) in [7, 11) is 0. The van der Waals surface area contributed by atoms with E-state index in [-0.39, 0.29) is 22.9 Å². The van der Waals surface area contributed by atoms with Crippen LogP contribution < -0.4 is 5.32 Å². The van der Waals surface area contributed by atoms with Gasteiger partial charge in [-0.25, -0.2) is 0 Å². The van der Waals surface area contributed by atoms with Crippen molar-refractivity contribution in [3.05, 3.63) is 64.0 Å². The molecule has 108 valence electrons. The van der Waals surface area contributed by atoms with Gasteiger partial charge < -0.3 is 10.4 Å². The Kier molecular flexibility index (Phi) is 4.45. The highest BCUT2D eigenvalue weighted by atomic mass is 16.6. The van der Waals surface area contributed by atoms with Gasteiger partial charge in [0.2, 0.25) is 0 Å². The first-order valence-corrected chi connectivity index (χ1v) is 6.22. The Labute approximate surface area is 120 Å². The number of nitro benzene ring substituents is 1. The summed E-state index contributed by atoms with van der Waals surface area (Å²) in [6, 6.07) is 7.49. The van der Waals surface area contributed by atoms with Crippen molar-refractivity contribution >= 4 is 11.6 Å². The number of nitrogens with one attached hydrogen (secondary N) is 1. The van der Waals surface area contributed by atoms with E-state index in [0.717, 1.165) is 5.56 Å². The second-order valence-corrected chi connectivity index (χ2v) is 4.36. The molecule has 1 amide bonds. The summed E-state index contributed by atoms with van der Waals surface area (Å²) >= 11 is 0. The molecule has 21 heavy (non-hydrogen) atoms. The molecule has 7 nitrogen and oxygen atoms in total. The Bertz CT molecular complexity index is 656. The van der Waals surface area contributed by atoms with Crippen LogP contribution in [0.2, 0.25) is 0 Å². The molecule has 0 aliphatic carbocycles. The molecule has 1 heterocycles. The molecule has 2 rings (SSSR count). The summed E-state index contributed by atoms with van der Waals surface area (Å²) in [4.78, 5) is 25.6. The Morgan fingerprint density at radius 3 is 2.62 bits per heavy atom. The Morgan fingerprint density at radius 1 is 1.29 bits per heavy atom. The molecular weight excluding hydrogens is 274 g/mol. The number of nitro groups is 1. The second kappa shape index (κ2) is 6.47. The van der Waals surface area contributed by atoms with Crippen LogP contribution in [-0.4, -0.2) is 27.5 Å². The van der Waals surface area contributed by atoms with Crippen LogP contribution in [0.1, 0.15) is 15.9 Å². The molecular formula is C14H13N3O4. The maximum atomic E-state index is 11.8. The van der Waals surface area contributed by atoms with Crippen molar-refractivity contribution in [1.29, 1.82) is 0 Å². The molecule has 0 bridgehead atoms. The third-order valence-electron chi connectivity index (χ3n) is 2.83. The zero-order chi connectivity index (χ0) is 15.2. The number of pyridine rings is 1. The van der Waals surface area contributed by atoms with Crippen molar-refractivity contribution in [3.8, 4) is 5.75 Å². The summed E-state index contributed by atoms with van der Waals surface area (Å²) in [6.07, 6.45) is 3.16. The number of aromatic hydroxyl groups is 1. The molecule has 0 fully saturated rings. The summed E-state index contributed by atoms with van der Waals surface area (Å²) in [6.45, 7) is 0.381. The summed E-state index contributed by atoms with van der Waals surface area (Å²) in [5.74, 6) is -0.404. The molecule has 2 N–H and O–H groups in total. The summed E-state index contributed by atoms with van der Waals surface area (Å²) in [5.41, 5.74) is 1.20. The Balaban J connectivity index is 1.86. The number of carbonyl (C=O) groups excluding carboxylic acids is 1. The van der Waals surface area contributed by atoms with Crippen LogP contribution in [-0.2, 0) is 6.42 Å². The van der Waals surface area contributed by atoms with Gasteiger partial charge in [-0.05, 0) is 18.1 Å². The van der Waals surface area contributed by atoms with Crippen LogP contribution in [0.5, 0.6) is 5.75 Å². The molecule has 0 aliphatic rings. The van der Waals surface area contributed by atoms with E-state index in [0.29, 0.717) is 13.0 Å². The van der Waals surface area contributed by atoms with Gasteiger partial charge in [0, 0.05) is 24.9 Å². The fourth-order valence-electron chi connectivity index (χ4n) is 1.76. The van der Waals surface area contributed by atoms with Crippen molar-refractivity contribution < 1.29 is 14.8 Å². The van der Waals surface area contributed by atoms with Crippen molar-refractivity contribution in [3.63, 3.8) is 0 Å². The van der Waals surface area contributed by atoms with Crippen molar-refractivity contribution in [1.82, 2.24) is 10.3 Å². The lowest BCUT2D eigenvalue weighted by atomic mass is 10.1. The lowest BCUT2D eigenvalue weighted by Gasteiger charge is -2.05. The number of carbonyl (C=O) groups is 1. The first-order valence-electron chi connectivity index (χ1n) is 6.22. The fraction of sp³-hybridized carbons (Fsp3) is 0.143. The number of hydrogen-bond acceptors (Lipinski definition) is 5. The van der Waals surface area contributed by atoms with Crippen molar-refractivity contribution in [2.24, 2.45) is 0 Å². The zero-order valence-electron chi connectivity index (χ0n) is 11.0.